The standard InChI is InChI=1S/C14H17N5O4S/c1-10-9-17-14(19(22)23)18(10)7-6-16-13(21)12(20)15-5-4-11-3-2-8-24-11/h2-3,8-9H,4-7H2,1H3,(H,15,20)(H,16,21). The van der Waals surface area contributed by atoms with Crippen LogP contribution in [0.5, 0.6) is 0 Å². The largest absolute Gasteiger partial charge is 0.434 e. The average molecular weight is 351 g/mol. The number of aromatic nitrogens is 2. The maximum atomic E-state index is 11.7. The zero-order chi connectivity index (χ0) is 17.5. The number of aryl methyl sites for hydroxylation is 1. The predicted molar refractivity (Wildman–Crippen MR) is 87.7 cm³/mol. The molecule has 10 heteroatoms. The molecular formula is C14H17N5O4S. The molecule has 0 aliphatic rings. The van der Waals surface area contributed by atoms with Crippen molar-refractivity contribution in [3.8, 4) is 0 Å². The quantitative estimate of drug-likeness (QED) is 0.431. The first-order valence-corrected chi connectivity index (χ1v) is 8.12. The van der Waals surface area contributed by atoms with Gasteiger partial charge in [0.2, 0.25) is 0 Å². The van der Waals surface area contributed by atoms with Crippen molar-refractivity contribution in [3.63, 3.8) is 0 Å². The molecule has 0 saturated carbocycles. The van der Waals surface area contributed by atoms with Crippen molar-refractivity contribution in [1.29, 1.82) is 0 Å². The van der Waals surface area contributed by atoms with Crippen LogP contribution in [0, 0.1) is 17.0 Å². The van der Waals surface area contributed by atoms with Gasteiger partial charge in [0, 0.05) is 18.0 Å². The Morgan fingerprint density at radius 3 is 2.67 bits per heavy atom. The fourth-order valence-corrected chi connectivity index (χ4v) is 2.78. The van der Waals surface area contributed by atoms with Gasteiger partial charge >= 0.3 is 17.8 Å². The molecular weight excluding hydrogens is 334 g/mol. The van der Waals surface area contributed by atoms with Gasteiger partial charge in [-0.2, -0.15) is 0 Å². The molecule has 128 valence electrons. The fourth-order valence-electron chi connectivity index (χ4n) is 2.07. The maximum Gasteiger partial charge on any atom is 0.434 e. The van der Waals surface area contributed by atoms with Crippen molar-refractivity contribution in [2.24, 2.45) is 0 Å². The lowest BCUT2D eigenvalue weighted by Gasteiger charge is -2.07. The van der Waals surface area contributed by atoms with E-state index in [-0.39, 0.29) is 19.0 Å². The van der Waals surface area contributed by atoms with Crippen molar-refractivity contribution in [1.82, 2.24) is 20.2 Å². The van der Waals surface area contributed by atoms with E-state index in [1.165, 1.54) is 10.8 Å². The Labute approximate surface area is 141 Å². The van der Waals surface area contributed by atoms with Gasteiger partial charge < -0.3 is 20.7 Å². The molecule has 0 aliphatic carbocycles. The number of hydrogen-bond acceptors (Lipinski definition) is 6. The minimum absolute atomic E-state index is 0.0925. The van der Waals surface area contributed by atoms with Gasteiger partial charge in [0.15, 0.2) is 0 Å². The van der Waals surface area contributed by atoms with Gasteiger partial charge in [-0.05, 0) is 29.7 Å². The first-order valence-electron chi connectivity index (χ1n) is 7.24. The monoisotopic (exact) mass is 351 g/mol. The predicted octanol–water partition coefficient (Wildman–Crippen LogP) is 0.636. The van der Waals surface area contributed by atoms with Crippen LogP contribution in [0.4, 0.5) is 5.95 Å². The number of nitrogens with zero attached hydrogens (tertiary/aromatic N) is 3. The SMILES string of the molecule is Cc1cnc([N+](=O)[O-])n1CCNC(=O)C(=O)NCCc1cccs1. The van der Waals surface area contributed by atoms with Crippen LogP contribution in [0.15, 0.2) is 23.7 Å². The van der Waals surface area contributed by atoms with Crippen LogP contribution >= 0.6 is 11.3 Å². The summed E-state index contributed by atoms with van der Waals surface area (Å²) in [6, 6.07) is 3.88. The fraction of sp³-hybridized carbons (Fsp3) is 0.357. The van der Waals surface area contributed by atoms with Gasteiger partial charge in [0.25, 0.3) is 0 Å². The van der Waals surface area contributed by atoms with Crippen LogP contribution in [-0.4, -0.2) is 39.4 Å². The summed E-state index contributed by atoms with van der Waals surface area (Å²) in [7, 11) is 0. The highest BCUT2D eigenvalue weighted by Crippen LogP contribution is 2.11. The highest BCUT2D eigenvalue weighted by atomic mass is 32.1. The number of amides is 2. The molecule has 2 aromatic heterocycles. The van der Waals surface area contributed by atoms with Crippen molar-refractivity contribution in [2.75, 3.05) is 13.1 Å². The molecule has 2 rings (SSSR count). The topological polar surface area (TPSA) is 119 Å². The van der Waals surface area contributed by atoms with Gasteiger partial charge in [-0.3, -0.25) is 9.59 Å². The Morgan fingerprint density at radius 1 is 1.33 bits per heavy atom. The molecule has 2 amide bonds. The second kappa shape index (κ2) is 8.20. The van der Waals surface area contributed by atoms with Crippen molar-refractivity contribution >= 4 is 29.1 Å². The Morgan fingerprint density at radius 2 is 2.04 bits per heavy atom. The Hall–Kier alpha value is -2.75. The summed E-state index contributed by atoms with van der Waals surface area (Å²) in [5, 5.41) is 17.7. The van der Waals surface area contributed by atoms with Crippen LogP contribution in [0.1, 0.15) is 10.6 Å². The number of carbonyl (C=O) groups is 2. The molecule has 0 atom stereocenters. The first kappa shape index (κ1) is 17.6. The summed E-state index contributed by atoms with van der Waals surface area (Å²) in [6.07, 6.45) is 2.05. The molecule has 0 fully saturated rings. The van der Waals surface area contributed by atoms with Crippen LogP contribution in [0.3, 0.4) is 0 Å². The Balaban J connectivity index is 1.73. The van der Waals surface area contributed by atoms with Gasteiger partial charge in [0.1, 0.15) is 11.9 Å². The molecule has 2 N–H and O–H groups in total. The molecule has 0 bridgehead atoms. The van der Waals surface area contributed by atoms with Crippen LogP contribution in [-0.2, 0) is 22.6 Å². The minimum Gasteiger partial charge on any atom is -0.390 e. The second-order valence-electron chi connectivity index (χ2n) is 4.95. The van der Waals surface area contributed by atoms with Gasteiger partial charge in [-0.1, -0.05) is 11.1 Å². The van der Waals surface area contributed by atoms with E-state index in [4.69, 9.17) is 0 Å². The molecule has 0 aliphatic heterocycles. The Kier molecular flexibility index (Phi) is 6.01. The second-order valence-corrected chi connectivity index (χ2v) is 5.98. The summed E-state index contributed by atoms with van der Waals surface area (Å²) < 4.78 is 1.37. The smallest absolute Gasteiger partial charge is 0.390 e. The number of nitro groups is 1. The Bertz CT molecular complexity index is 726. The molecule has 0 radical (unpaired) electrons. The highest BCUT2D eigenvalue weighted by molar-refractivity contribution is 7.09. The summed E-state index contributed by atoms with van der Waals surface area (Å²) in [4.78, 5) is 38.4. The third kappa shape index (κ3) is 4.62. The number of nitrogens with one attached hydrogen (secondary N) is 2. The number of rotatable bonds is 7. The summed E-state index contributed by atoms with van der Waals surface area (Å²) in [6.45, 7) is 2.31. The summed E-state index contributed by atoms with van der Waals surface area (Å²) in [5.74, 6) is -1.77. The number of hydrogen-bond donors (Lipinski definition) is 2. The lowest BCUT2D eigenvalue weighted by molar-refractivity contribution is -0.396. The summed E-state index contributed by atoms with van der Waals surface area (Å²) in [5.41, 5.74) is 0.608. The molecule has 0 aromatic carbocycles. The van der Waals surface area contributed by atoms with Crippen molar-refractivity contribution in [2.45, 2.75) is 19.9 Å². The number of imidazole rings is 1. The van der Waals surface area contributed by atoms with E-state index in [0.717, 1.165) is 4.88 Å². The van der Waals surface area contributed by atoms with E-state index in [1.807, 2.05) is 17.5 Å². The van der Waals surface area contributed by atoms with Gasteiger partial charge in [-0.25, -0.2) is 4.57 Å². The van der Waals surface area contributed by atoms with Crippen LogP contribution < -0.4 is 10.6 Å². The van der Waals surface area contributed by atoms with Crippen LogP contribution in [0.25, 0.3) is 0 Å². The molecule has 2 heterocycles. The highest BCUT2D eigenvalue weighted by Gasteiger charge is 2.18. The molecule has 2 aromatic rings. The zero-order valence-electron chi connectivity index (χ0n) is 13.0. The number of carbonyl (C=O) groups excluding carboxylic acids is 2. The van der Waals surface area contributed by atoms with E-state index in [1.54, 1.807) is 18.3 Å². The van der Waals surface area contributed by atoms with E-state index in [9.17, 15) is 19.7 Å². The lowest BCUT2D eigenvalue weighted by Crippen LogP contribution is -2.41. The first-order chi connectivity index (χ1) is 11.5. The third-order valence-corrected chi connectivity index (χ3v) is 4.20. The van der Waals surface area contributed by atoms with E-state index >= 15 is 0 Å². The van der Waals surface area contributed by atoms with E-state index in [0.29, 0.717) is 18.7 Å². The van der Waals surface area contributed by atoms with Gasteiger partial charge in [-0.15, -0.1) is 11.3 Å². The maximum absolute atomic E-state index is 11.7. The molecule has 24 heavy (non-hydrogen) atoms. The molecule has 0 unspecified atom stereocenters. The molecule has 9 nitrogen and oxygen atoms in total. The number of thiophene rings is 1. The summed E-state index contributed by atoms with van der Waals surface area (Å²) >= 11 is 1.58. The van der Waals surface area contributed by atoms with E-state index < -0.39 is 16.7 Å². The van der Waals surface area contributed by atoms with Crippen molar-refractivity contribution < 1.29 is 14.5 Å². The van der Waals surface area contributed by atoms with E-state index in [2.05, 4.69) is 15.6 Å². The lowest BCUT2D eigenvalue weighted by atomic mass is 10.3. The molecule has 0 spiro atoms. The van der Waals surface area contributed by atoms with Crippen LogP contribution in [0.2, 0.25) is 0 Å². The average Bonchev–Trinajstić information content (AvgIpc) is 3.17. The van der Waals surface area contributed by atoms with Gasteiger partial charge in [0.05, 0.1) is 6.54 Å². The normalized spacial score (nSPS) is 10.4. The minimum atomic E-state index is -0.762. The zero-order valence-corrected chi connectivity index (χ0v) is 13.8. The van der Waals surface area contributed by atoms with Crippen molar-refractivity contribution in [3.05, 3.63) is 44.4 Å². The third-order valence-electron chi connectivity index (χ3n) is 3.26. The molecule has 0 saturated heterocycles.